The summed E-state index contributed by atoms with van der Waals surface area (Å²) in [6, 6.07) is 5.59. The number of benzene rings is 1. The largest absolute Gasteiger partial charge is 0.385 e. The molecule has 1 amide bonds. The number of hydrogen-bond acceptors (Lipinski definition) is 4. The molecular weight excluding hydrogens is 446 g/mol. The third-order valence-electron chi connectivity index (χ3n) is 8.97. The Balaban J connectivity index is 1.11. The minimum Gasteiger partial charge on any atom is -0.385 e. The van der Waals surface area contributed by atoms with E-state index in [9.17, 15) is 9.59 Å². The highest BCUT2D eigenvalue weighted by Gasteiger charge is 2.40. The molecule has 200 valence electrons. The second-order valence-electron chi connectivity index (χ2n) is 12.4. The normalized spacial score (nSPS) is 28.1. The van der Waals surface area contributed by atoms with Gasteiger partial charge in [0, 0.05) is 35.4 Å². The molecule has 2 fully saturated rings. The predicted molar refractivity (Wildman–Crippen MR) is 148 cm³/mol. The molecule has 1 aromatic carbocycles. The number of nitrogens with zero attached hydrogens (tertiary/aromatic N) is 1. The van der Waals surface area contributed by atoms with Crippen LogP contribution in [0.5, 0.6) is 0 Å². The van der Waals surface area contributed by atoms with Crippen molar-refractivity contribution in [3.8, 4) is 0 Å². The van der Waals surface area contributed by atoms with E-state index in [4.69, 9.17) is 0 Å². The van der Waals surface area contributed by atoms with E-state index in [1.54, 1.807) is 4.90 Å². The summed E-state index contributed by atoms with van der Waals surface area (Å²) in [5, 5.41) is 7.52. The molecule has 2 N–H and O–H groups in total. The number of anilines is 1. The first-order chi connectivity index (χ1) is 17.4. The number of rotatable bonds is 14. The van der Waals surface area contributed by atoms with Gasteiger partial charge >= 0.3 is 0 Å². The second kappa shape index (κ2) is 12.6. The predicted octanol–water partition coefficient (Wildman–Crippen LogP) is 6.57. The maximum absolute atomic E-state index is 12.8. The molecule has 2 aliphatic carbocycles. The average Bonchev–Trinajstić information content (AvgIpc) is 3.17. The standard InChI is InChI=1S/C31H49N3O2/c1-4-11-26(22-35)34-21-28-27(30(34)36)12-10-13-29(28)32-14-8-6-5-7-9-15-33-31(3)19-24-16-23(2)17-25(18-24)20-31/h10,12-13,22-26,32-33H,4-9,11,14-21H2,1-3H3. The van der Waals surface area contributed by atoms with Gasteiger partial charge in [-0.2, -0.15) is 0 Å². The molecule has 2 bridgehead atoms. The Bertz CT molecular complexity index is 867. The summed E-state index contributed by atoms with van der Waals surface area (Å²) in [4.78, 5) is 26.1. The van der Waals surface area contributed by atoms with E-state index in [-0.39, 0.29) is 11.9 Å². The number of hydrogen-bond donors (Lipinski definition) is 2. The molecule has 3 aliphatic rings. The Kier molecular flexibility index (Phi) is 9.49. The second-order valence-corrected chi connectivity index (χ2v) is 12.4. The van der Waals surface area contributed by atoms with Gasteiger partial charge in [0.15, 0.2) is 0 Å². The molecule has 1 heterocycles. The van der Waals surface area contributed by atoms with Gasteiger partial charge in [-0.1, -0.05) is 45.6 Å². The zero-order valence-corrected chi connectivity index (χ0v) is 23.0. The summed E-state index contributed by atoms with van der Waals surface area (Å²) >= 11 is 0. The molecule has 0 radical (unpaired) electrons. The van der Waals surface area contributed by atoms with Crippen molar-refractivity contribution in [2.24, 2.45) is 17.8 Å². The number of carbonyl (C=O) groups excluding carboxylic acids is 2. The first-order valence-corrected chi connectivity index (χ1v) is 14.8. The van der Waals surface area contributed by atoms with Crippen molar-refractivity contribution in [2.45, 2.75) is 116 Å². The van der Waals surface area contributed by atoms with E-state index in [1.165, 1.54) is 57.8 Å². The number of carbonyl (C=O) groups is 2. The van der Waals surface area contributed by atoms with Crippen LogP contribution in [0.3, 0.4) is 0 Å². The Morgan fingerprint density at radius 2 is 1.75 bits per heavy atom. The number of fused-ring (bicyclic) bond motifs is 3. The first kappa shape index (κ1) is 27.2. The molecular formula is C31H49N3O2. The average molecular weight is 496 g/mol. The molecule has 5 nitrogen and oxygen atoms in total. The van der Waals surface area contributed by atoms with Crippen LogP contribution in [0.1, 0.15) is 114 Å². The summed E-state index contributed by atoms with van der Waals surface area (Å²) in [7, 11) is 0. The molecule has 0 spiro atoms. The number of nitrogens with one attached hydrogen (secondary N) is 2. The number of amides is 1. The van der Waals surface area contributed by atoms with Gasteiger partial charge in [-0.15, -0.1) is 0 Å². The van der Waals surface area contributed by atoms with Crippen LogP contribution in [0.4, 0.5) is 5.69 Å². The zero-order chi connectivity index (χ0) is 25.5. The number of aldehydes is 1. The van der Waals surface area contributed by atoms with Crippen molar-refractivity contribution in [2.75, 3.05) is 18.4 Å². The third-order valence-corrected chi connectivity index (χ3v) is 8.97. The Labute approximate surface area is 219 Å². The van der Waals surface area contributed by atoms with Gasteiger partial charge in [-0.05, 0) is 94.7 Å². The maximum atomic E-state index is 12.8. The lowest BCUT2D eigenvalue weighted by molar-refractivity contribution is -0.112. The monoisotopic (exact) mass is 495 g/mol. The molecule has 0 saturated heterocycles. The highest BCUT2D eigenvalue weighted by Crippen LogP contribution is 2.46. The van der Waals surface area contributed by atoms with Crippen molar-refractivity contribution in [3.63, 3.8) is 0 Å². The van der Waals surface area contributed by atoms with Crippen molar-refractivity contribution in [1.82, 2.24) is 10.2 Å². The lowest BCUT2D eigenvalue weighted by atomic mass is 9.62. The lowest BCUT2D eigenvalue weighted by Crippen LogP contribution is -2.50. The van der Waals surface area contributed by atoms with E-state index in [1.807, 2.05) is 12.1 Å². The molecule has 2 saturated carbocycles. The van der Waals surface area contributed by atoms with Crippen LogP contribution in [-0.2, 0) is 11.3 Å². The van der Waals surface area contributed by atoms with Crippen molar-refractivity contribution in [1.29, 1.82) is 0 Å². The minimum absolute atomic E-state index is 0.00680. The molecule has 0 aromatic heterocycles. The lowest BCUT2D eigenvalue weighted by Gasteiger charge is -2.47. The van der Waals surface area contributed by atoms with E-state index >= 15 is 0 Å². The van der Waals surface area contributed by atoms with E-state index < -0.39 is 0 Å². The van der Waals surface area contributed by atoms with Crippen LogP contribution in [0.2, 0.25) is 0 Å². The van der Waals surface area contributed by atoms with Crippen LogP contribution >= 0.6 is 0 Å². The van der Waals surface area contributed by atoms with Gasteiger partial charge in [-0.3, -0.25) is 4.79 Å². The third kappa shape index (κ3) is 6.70. The summed E-state index contributed by atoms with van der Waals surface area (Å²) in [6.07, 6.45) is 15.9. The van der Waals surface area contributed by atoms with Crippen LogP contribution in [-0.4, -0.2) is 41.8 Å². The molecule has 3 unspecified atom stereocenters. The topological polar surface area (TPSA) is 61.4 Å². The Morgan fingerprint density at radius 1 is 1.06 bits per heavy atom. The van der Waals surface area contributed by atoms with E-state index in [0.29, 0.717) is 12.1 Å². The fourth-order valence-corrected chi connectivity index (χ4v) is 7.51. The molecule has 4 rings (SSSR count). The molecule has 5 heteroatoms. The molecule has 3 atom stereocenters. The maximum Gasteiger partial charge on any atom is 0.255 e. The summed E-state index contributed by atoms with van der Waals surface area (Å²) in [6.45, 7) is 9.59. The smallest absolute Gasteiger partial charge is 0.255 e. The van der Waals surface area contributed by atoms with E-state index in [0.717, 1.165) is 73.2 Å². The molecule has 1 aromatic rings. The first-order valence-electron chi connectivity index (χ1n) is 14.8. The summed E-state index contributed by atoms with van der Waals surface area (Å²) in [5.41, 5.74) is 3.22. The quantitative estimate of drug-likeness (QED) is 0.226. The van der Waals surface area contributed by atoms with Gasteiger partial charge in [0.1, 0.15) is 6.29 Å². The highest BCUT2D eigenvalue weighted by molar-refractivity contribution is 6.01. The number of unbranched alkanes of at least 4 members (excludes halogenated alkanes) is 4. The van der Waals surface area contributed by atoms with Crippen molar-refractivity contribution < 1.29 is 9.59 Å². The van der Waals surface area contributed by atoms with Crippen LogP contribution in [0.25, 0.3) is 0 Å². The van der Waals surface area contributed by atoms with Crippen LogP contribution < -0.4 is 10.6 Å². The Hall–Kier alpha value is -1.88. The van der Waals surface area contributed by atoms with Crippen molar-refractivity contribution >= 4 is 17.9 Å². The molecule has 1 aliphatic heterocycles. The van der Waals surface area contributed by atoms with E-state index in [2.05, 4.69) is 37.5 Å². The van der Waals surface area contributed by atoms with Crippen molar-refractivity contribution in [3.05, 3.63) is 29.3 Å². The van der Waals surface area contributed by atoms with Gasteiger partial charge in [0.2, 0.25) is 0 Å². The van der Waals surface area contributed by atoms with Gasteiger partial charge in [0.25, 0.3) is 5.91 Å². The van der Waals surface area contributed by atoms with Gasteiger partial charge in [0.05, 0.1) is 6.04 Å². The minimum atomic E-state index is -0.318. The fourth-order valence-electron chi connectivity index (χ4n) is 7.51. The van der Waals surface area contributed by atoms with Gasteiger partial charge < -0.3 is 20.3 Å². The Morgan fingerprint density at radius 3 is 2.44 bits per heavy atom. The SMILES string of the molecule is CCCC(C=O)N1Cc2c(NCCCCCCCNC3(C)CC4CC(C)CC(C4)C3)cccc2C1=O. The summed E-state index contributed by atoms with van der Waals surface area (Å²) in [5.74, 6) is 2.83. The highest BCUT2D eigenvalue weighted by atomic mass is 16.2. The van der Waals surface area contributed by atoms with Crippen LogP contribution in [0, 0.1) is 17.8 Å². The fraction of sp³-hybridized carbons (Fsp3) is 0.742. The molecule has 36 heavy (non-hydrogen) atoms. The summed E-state index contributed by atoms with van der Waals surface area (Å²) < 4.78 is 0. The zero-order valence-electron chi connectivity index (χ0n) is 23.0. The van der Waals surface area contributed by atoms with Crippen LogP contribution in [0.15, 0.2) is 18.2 Å². The van der Waals surface area contributed by atoms with Gasteiger partial charge in [-0.25, -0.2) is 0 Å².